The third-order valence-corrected chi connectivity index (χ3v) is 5.91. The van der Waals surface area contributed by atoms with Crippen LogP contribution in [-0.4, -0.2) is 61.0 Å². The van der Waals surface area contributed by atoms with Crippen molar-refractivity contribution in [3.63, 3.8) is 0 Å². The average Bonchev–Trinajstić information content (AvgIpc) is 2.85. The Hall–Kier alpha value is -3.55. The van der Waals surface area contributed by atoms with Crippen LogP contribution in [0, 0.1) is 6.92 Å². The lowest BCUT2D eigenvalue weighted by Gasteiger charge is -2.34. The second kappa shape index (κ2) is 11.0. The molecule has 174 valence electrons. The minimum atomic E-state index is 0.548. The van der Waals surface area contributed by atoms with Crippen LogP contribution in [0.25, 0.3) is 11.4 Å². The van der Waals surface area contributed by atoms with E-state index in [9.17, 15) is 0 Å². The number of likely N-dealkylation sites (N-methyl/N-ethyl adjacent to an activating group) is 1. The molecular formula is C26H28ClN7. The smallest absolute Gasteiger partial charge is 0.131 e. The Morgan fingerprint density at radius 3 is 2.65 bits per heavy atom. The van der Waals surface area contributed by atoms with Gasteiger partial charge in [0.05, 0.1) is 27.8 Å². The molecule has 2 aromatic heterocycles. The second-order valence-electron chi connectivity index (χ2n) is 8.10. The fourth-order valence-electron chi connectivity index (χ4n) is 3.70. The zero-order valence-corrected chi connectivity index (χ0v) is 20.2. The molecule has 0 atom stereocenters. The highest BCUT2D eigenvalue weighted by Crippen LogP contribution is 2.31. The largest absolute Gasteiger partial charge is 0.368 e. The van der Waals surface area contributed by atoms with Gasteiger partial charge in [0.25, 0.3) is 0 Å². The van der Waals surface area contributed by atoms with Crippen LogP contribution in [-0.2, 0) is 0 Å². The fourth-order valence-corrected chi connectivity index (χ4v) is 4.00. The monoisotopic (exact) mass is 473 g/mol. The van der Waals surface area contributed by atoms with Gasteiger partial charge in [0, 0.05) is 44.3 Å². The fraction of sp³-hybridized carbons (Fsp3) is 0.231. The summed E-state index contributed by atoms with van der Waals surface area (Å²) in [5.41, 5.74) is 5.04. The Kier molecular flexibility index (Phi) is 7.67. The van der Waals surface area contributed by atoms with Crippen LogP contribution in [0.5, 0.6) is 0 Å². The van der Waals surface area contributed by atoms with E-state index in [0.29, 0.717) is 10.8 Å². The Balaban J connectivity index is 1.49. The predicted octanol–water partition coefficient (Wildman–Crippen LogP) is 5.21. The van der Waals surface area contributed by atoms with E-state index in [1.807, 2.05) is 55.5 Å². The molecule has 34 heavy (non-hydrogen) atoms. The van der Waals surface area contributed by atoms with Crippen molar-refractivity contribution in [3.8, 4) is 11.4 Å². The topological polar surface area (TPSA) is 69.0 Å². The van der Waals surface area contributed by atoms with Gasteiger partial charge in [-0.3, -0.25) is 9.98 Å². The summed E-state index contributed by atoms with van der Waals surface area (Å²) in [5, 5.41) is 3.98. The molecule has 0 bridgehead atoms. The zero-order valence-electron chi connectivity index (χ0n) is 19.4. The Bertz CT molecular complexity index is 1200. The van der Waals surface area contributed by atoms with Crippen LogP contribution in [0.3, 0.4) is 0 Å². The number of allylic oxidation sites excluding steroid dienone is 1. The molecular weight excluding hydrogens is 446 g/mol. The molecule has 8 heteroatoms. The number of aliphatic imine (C=N–C) groups is 2. The van der Waals surface area contributed by atoms with Crippen LogP contribution in [0.15, 0.2) is 76.6 Å². The number of hydrogen-bond acceptors (Lipinski definition) is 7. The number of anilines is 2. The highest BCUT2D eigenvalue weighted by Gasteiger charge is 2.16. The van der Waals surface area contributed by atoms with E-state index in [1.54, 1.807) is 18.5 Å². The van der Waals surface area contributed by atoms with Gasteiger partial charge in [-0.05, 0) is 69.2 Å². The lowest BCUT2D eigenvalue weighted by Crippen LogP contribution is -2.44. The molecule has 0 saturated carbocycles. The first-order valence-corrected chi connectivity index (χ1v) is 11.5. The number of aryl methyl sites for hydroxylation is 1. The molecule has 1 fully saturated rings. The maximum atomic E-state index is 6.57. The highest BCUT2D eigenvalue weighted by atomic mass is 35.5. The summed E-state index contributed by atoms with van der Waals surface area (Å²) in [5.74, 6) is 0.548. The van der Waals surface area contributed by atoms with E-state index in [0.717, 1.165) is 60.3 Å². The van der Waals surface area contributed by atoms with Crippen LogP contribution in [0.2, 0.25) is 5.02 Å². The number of pyridine rings is 2. The molecule has 1 saturated heterocycles. The summed E-state index contributed by atoms with van der Waals surface area (Å²) in [6, 6.07) is 15.5. The maximum absolute atomic E-state index is 6.57. The molecule has 3 aromatic rings. The number of benzene rings is 1. The lowest BCUT2D eigenvalue weighted by molar-refractivity contribution is 0.313. The quantitative estimate of drug-likeness (QED) is 0.477. The molecule has 1 N–H and O–H groups in total. The Labute approximate surface area is 205 Å². The summed E-state index contributed by atoms with van der Waals surface area (Å²) in [6.45, 7) is 9.63. The number of piperazine rings is 1. The van der Waals surface area contributed by atoms with Gasteiger partial charge in [0.2, 0.25) is 0 Å². The van der Waals surface area contributed by atoms with Crippen LogP contribution < -0.4 is 10.2 Å². The van der Waals surface area contributed by atoms with Gasteiger partial charge in [0.15, 0.2) is 0 Å². The molecule has 4 rings (SSSR count). The number of nitrogens with zero attached hydrogens (tertiary/aromatic N) is 6. The average molecular weight is 474 g/mol. The number of nitrogens with one attached hydrogen (secondary N) is 1. The van der Waals surface area contributed by atoms with E-state index >= 15 is 0 Å². The Morgan fingerprint density at radius 2 is 1.94 bits per heavy atom. The summed E-state index contributed by atoms with van der Waals surface area (Å²) >= 11 is 6.57. The molecule has 7 nitrogen and oxygen atoms in total. The van der Waals surface area contributed by atoms with Crippen molar-refractivity contribution in [1.29, 1.82) is 0 Å². The molecule has 0 unspecified atom stereocenters. The molecule has 0 radical (unpaired) electrons. The third-order valence-electron chi connectivity index (χ3n) is 5.61. The van der Waals surface area contributed by atoms with Crippen LogP contribution >= 0.6 is 11.6 Å². The SMILES string of the molecule is C=N/C(=C\C=N/c1ccc(N2CCN(C)CC2)c(Cl)c1)Nc1ccc(C)nc1-c1ccccn1. The summed E-state index contributed by atoms with van der Waals surface area (Å²) in [4.78, 5) is 22.3. The predicted molar refractivity (Wildman–Crippen MR) is 143 cm³/mol. The summed E-state index contributed by atoms with van der Waals surface area (Å²) in [6.07, 6.45) is 5.19. The van der Waals surface area contributed by atoms with Crippen molar-refractivity contribution in [2.45, 2.75) is 6.92 Å². The number of aromatic nitrogens is 2. The van der Waals surface area contributed by atoms with Crippen LogP contribution in [0.4, 0.5) is 17.1 Å². The van der Waals surface area contributed by atoms with Crippen molar-refractivity contribution in [2.24, 2.45) is 9.98 Å². The van der Waals surface area contributed by atoms with E-state index in [-0.39, 0.29) is 0 Å². The van der Waals surface area contributed by atoms with Gasteiger partial charge in [-0.1, -0.05) is 17.7 Å². The molecule has 1 aromatic carbocycles. The number of rotatable bonds is 7. The van der Waals surface area contributed by atoms with Gasteiger partial charge < -0.3 is 15.1 Å². The van der Waals surface area contributed by atoms with Gasteiger partial charge in [-0.15, -0.1) is 0 Å². The second-order valence-corrected chi connectivity index (χ2v) is 8.51. The normalized spacial score (nSPS) is 15.0. The molecule has 1 aliphatic heterocycles. The van der Waals surface area contributed by atoms with Crippen molar-refractivity contribution in [1.82, 2.24) is 14.9 Å². The van der Waals surface area contributed by atoms with Crippen molar-refractivity contribution in [3.05, 3.63) is 77.3 Å². The maximum Gasteiger partial charge on any atom is 0.131 e. The summed E-state index contributed by atoms with van der Waals surface area (Å²) < 4.78 is 0. The Morgan fingerprint density at radius 1 is 1.12 bits per heavy atom. The molecule has 1 aliphatic rings. The highest BCUT2D eigenvalue weighted by molar-refractivity contribution is 6.33. The van der Waals surface area contributed by atoms with Gasteiger partial charge in [0.1, 0.15) is 11.5 Å². The molecule has 0 amide bonds. The molecule has 0 aliphatic carbocycles. The van der Waals surface area contributed by atoms with Gasteiger partial charge in [-0.25, -0.2) is 9.98 Å². The molecule has 0 spiro atoms. The minimum Gasteiger partial charge on any atom is -0.368 e. The van der Waals surface area contributed by atoms with Crippen molar-refractivity contribution in [2.75, 3.05) is 43.4 Å². The van der Waals surface area contributed by atoms with Gasteiger partial charge in [-0.2, -0.15) is 0 Å². The van der Waals surface area contributed by atoms with Crippen LogP contribution in [0.1, 0.15) is 5.69 Å². The first-order chi connectivity index (χ1) is 16.5. The zero-order chi connectivity index (χ0) is 23.9. The third kappa shape index (κ3) is 5.87. The van der Waals surface area contributed by atoms with Gasteiger partial charge >= 0.3 is 0 Å². The van der Waals surface area contributed by atoms with E-state index in [4.69, 9.17) is 11.6 Å². The van der Waals surface area contributed by atoms with E-state index in [2.05, 4.69) is 48.8 Å². The number of halogens is 1. The number of hydrogen-bond donors (Lipinski definition) is 1. The van der Waals surface area contributed by atoms with E-state index < -0.39 is 0 Å². The summed E-state index contributed by atoms with van der Waals surface area (Å²) in [7, 11) is 2.14. The minimum absolute atomic E-state index is 0.548. The first-order valence-electron chi connectivity index (χ1n) is 11.1. The van der Waals surface area contributed by atoms with Crippen molar-refractivity contribution < 1.29 is 0 Å². The van der Waals surface area contributed by atoms with Crippen molar-refractivity contribution >= 4 is 41.6 Å². The lowest BCUT2D eigenvalue weighted by atomic mass is 10.2. The molecule has 3 heterocycles. The first kappa shape index (κ1) is 23.6. The standard InChI is InChI=1S/C26H28ClN7/c1-19-7-9-23(26(31-19)22-6-4-5-12-30-22)32-25(28-2)11-13-29-20-8-10-24(21(27)18-20)34-16-14-33(3)15-17-34/h4-13,18,32H,2,14-17H2,1,3H3/b25-11+,29-13-. The van der Waals surface area contributed by atoms with E-state index in [1.165, 1.54) is 0 Å².